The average Bonchev–Trinajstić information content (AvgIpc) is 2.91. The van der Waals surface area contributed by atoms with Crippen molar-refractivity contribution in [2.24, 2.45) is 0 Å². The Morgan fingerprint density at radius 2 is 1.85 bits per heavy atom. The summed E-state index contributed by atoms with van der Waals surface area (Å²) in [5.41, 5.74) is 0.796. The van der Waals surface area contributed by atoms with Gasteiger partial charge in [0, 0.05) is 32.0 Å². The molecule has 0 N–H and O–H groups in total. The van der Waals surface area contributed by atoms with Crippen molar-refractivity contribution in [3.63, 3.8) is 0 Å². The van der Waals surface area contributed by atoms with Gasteiger partial charge in [-0.1, -0.05) is 0 Å². The number of allylic oxidation sites excluding steroid dienone is 2. The summed E-state index contributed by atoms with van der Waals surface area (Å²) in [6.45, 7) is 3.93. The van der Waals surface area contributed by atoms with Crippen molar-refractivity contribution in [1.82, 2.24) is 4.57 Å². The van der Waals surface area contributed by atoms with Gasteiger partial charge >= 0.3 is 11.9 Å². The van der Waals surface area contributed by atoms with E-state index in [-0.39, 0.29) is 23.4 Å². The van der Waals surface area contributed by atoms with Gasteiger partial charge in [-0.2, -0.15) is 0 Å². The Morgan fingerprint density at radius 1 is 1.15 bits per heavy atom. The number of ether oxygens (including phenoxy) is 2. The van der Waals surface area contributed by atoms with Gasteiger partial charge in [-0.25, -0.2) is 0 Å². The molecular formula is C19H19NO7. The summed E-state index contributed by atoms with van der Waals surface area (Å²) in [7, 11) is 0. The van der Waals surface area contributed by atoms with Gasteiger partial charge in [-0.15, -0.1) is 0 Å². The molecule has 0 fully saturated rings. The number of aromatic nitrogens is 1. The van der Waals surface area contributed by atoms with Crippen LogP contribution in [0.2, 0.25) is 0 Å². The van der Waals surface area contributed by atoms with E-state index in [1.165, 1.54) is 20.8 Å². The van der Waals surface area contributed by atoms with Crippen LogP contribution in [-0.2, 0) is 37.0 Å². The van der Waals surface area contributed by atoms with E-state index in [0.717, 1.165) is 6.08 Å². The molecule has 2 aliphatic rings. The van der Waals surface area contributed by atoms with Crippen molar-refractivity contribution in [2.45, 2.75) is 52.9 Å². The lowest BCUT2D eigenvalue weighted by atomic mass is 9.89. The summed E-state index contributed by atoms with van der Waals surface area (Å²) >= 11 is 0. The van der Waals surface area contributed by atoms with Crippen LogP contribution in [0.15, 0.2) is 11.6 Å². The van der Waals surface area contributed by atoms with E-state index in [0.29, 0.717) is 30.6 Å². The maximum Gasteiger partial charge on any atom is 0.303 e. The van der Waals surface area contributed by atoms with Gasteiger partial charge in [0.2, 0.25) is 5.78 Å². The third kappa shape index (κ3) is 3.22. The van der Waals surface area contributed by atoms with Crippen LogP contribution < -0.4 is 0 Å². The molecule has 0 bridgehead atoms. The highest BCUT2D eigenvalue weighted by Gasteiger charge is 2.40. The number of fused-ring (bicyclic) bond motifs is 3. The highest BCUT2D eigenvalue weighted by atomic mass is 16.5. The molecule has 3 rings (SSSR count). The molecule has 8 nitrogen and oxygen atoms in total. The molecule has 2 heterocycles. The molecule has 0 amide bonds. The van der Waals surface area contributed by atoms with Crippen LogP contribution >= 0.6 is 0 Å². The van der Waals surface area contributed by atoms with Gasteiger partial charge < -0.3 is 14.0 Å². The molecule has 1 aromatic rings. The third-order valence-electron chi connectivity index (χ3n) is 4.65. The first kappa shape index (κ1) is 18.8. The largest absolute Gasteiger partial charge is 0.461 e. The minimum Gasteiger partial charge on any atom is -0.461 e. The topological polar surface area (TPSA) is 109 Å². The molecule has 142 valence electrons. The van der Waals surface area contributed by atoms with Crippen LogP contribution in [0.25, 0.3) is 0 Å². The van der Waals surface area contributed by atoms with E-state index in [9.17, 15) is 24.0 Å². The van der Waals surface area contributed by atoms with Crippen LogP contribution in [0.5, 0.6) is 0 Å². The van der Waals surface area contributed by atoms with Gasteiger partial charge in [0.05, 0.1) is 16.8 Å². The lowest BCUT2D eigenvalue weighted by molar-refractivity contribution is -0.148. The fourth-order valence-corrected chi connectivity index (χ4v) is 3.66. The minimum atomic E-state index is -0.659. The normalized spacial score (nSPS) is 18.3. The van der Waals surface area contributed by atoms with E-state index in [1.54, 1.807) is 4.57 Å². The molecule has 0 aromatic carbocycles. The number of carbonyl (C=O) groups excluding carboxylic acids is 5. The van der Waals surface area contributed by atoms with E-state index >= 15 is 0 Å². The number of nitrogens with zero attached hydrogens (tertiary/aromatic N) is 1. The van der Waals surface area contributed by atoms with E-state index in [4.69, 9.17) is 9.47 Å². The third-order valence-corrected chi connectivity index (χ3v) is 4.65. The number of esters is 2. The molecule has 1 aliphatic carbocycles. The molecule has 0 spiro atoms. The minimum absolute atomic E-state index is 0.0583. The van der Waals surface area contributed by atoms with E-state index in [2.05, 4.69) is 0 Å². The summed E-state index contributed by atoms with van der Waals surface area (Å²) in [5, 5.41) is 0. The molecule has 0 saturated heterocycles. The van der Waals surface area contributed by atoms with Crippen molar-refractivity contribution in [3.8, 4) is 0 Å². The number of hydrogen-bond donors (Lipinski definition) is 0. The summed E-state index contributed by atoms with van der Waals surface area (Å²) in [5.74, 6) is -2.61. The second kappa shape index (κ2) is 6.94. The second-order valence-corrected chi connectivity index (χ2v) is 6.57. The van der Waals surface area contributed by atoms with Crippen molar-refractivity contribution < 1.29 is 33.4 Å². The summed E-state index contributed by atoms with van der Waals surface area (Å²) in [4.78, 5) is 60.2. The molecule has 0 saturated carbocycles. The van der Waals surface area contributed by atoms with Crippen LogP contribution in [0.4, 0.5) is 0 Å². The number of ketones is 3. The van der Waals surface area contributed by atoms with Crippen molar-refractivity contribution in [3.05, 3.63) is 34.2 Å². The first-order valence-corrected chi connectivity index (χ1v) is 8.59. The highest BCUT2D eigenvalue weighted by Crippen LogP contribution is 2.39. The Balaban J connectivity index is 2.23. The first-order chi connectivity index (χ1) is 12.7. The van der Waals surface area contributed by atoms with E-state index in [1.807, 2.05) is 0 Å². The lowest BCUT2D eigenvalue weighted by Crippen LogP contribution is -2.25. The fourth-order valence-electron chi connectivity index (χ4n) is 3.66. The number of Topliss-reactive ketones (excluding diaryl/α,β-unsaturated/α-hetero) is 2. The summed E-state index contributed by atoms with van der Waals surface area (Å²) < 4.78 is 12.1. The molecule has 1 atom stereocenters. The van der Waals surface area contributed by atoms with Gasteiger partial charge in [-0.3, -0.25) is 24.0 Å². The number of hydrogen-bond acceptors (Lipinski definition) is 7. The van der Waals surface area contributed by atoms with Gasteiger partial charge in [-0.05, 0) is 19.8 Å². The quantitative estimate of drug-likeness (QED) is 0.585. The van der Waals surface area contributed by atoms with Crippen LogP contribution in [0.3, 0.4) is 0 Å². The molecule has 27 heavy (non-hydrogen) atoms. The first-order valence-electron chi connectivity index (χ1n) is 8.59. The maximum atomic E-state index is 12.9. The highest BCUT2D eigenvalue weighted by molar-refractivity contribution is 6.34. The zero-order chi connectivity index (χ0) is 19.9. The Morgan fingerprint density at radius 3 is 2.44 bits per heavy atom. The Hall–Kier alpha value is -3.03. The van der Waals surface area contributed by atoms with Gasteiger partial charge in [0.25, 0.3) is 0 Å². The van der Waals surface area contributed by atoms with E-state index < -0.39 is 35.4 Å². The monoisotopic (exact) mass is 373 g/mol. The average molecular weight is 373 g/mol. The van der Waals surface area contributed by atoms with Crippen molar-refractivity contribution in [1.29, 1.82) is 0 Å². The fraction of sp³-hybridized carbons (Fsp3) is 0.421. The van der Waals surface area contributed by atoms with Gasteiger partial charge in [0.15, 0.2) is 11.6 Å². The van der Waals surface area contributed by atoms with Crippen LogP contribution in [-0.4, -0.2) is 33.9 Å². The molecule has 0 radical (unpaired) electrons. The predicted octanol–water partition coefficient (Wildman–Crippen LogP) is 1.84. The van der Waals surface area contributed by atoms with Crippen LogP contribution in [0.1, 0.15) is 71.8 Å². The Kier molecular flexibility index (Phi) is 4.82. The number of carbonyl (C=O) groups is 5. The Labute approximate surface area is 155 Å². The molecule has 8 heteroatoms. The molecule has 1 aliphatic heterocycles. The molecule has 1 unspecified atom stereocenters. The summed E-state index contributed by atoms with van der Waals surface area (Å²) in [6, 6.07) is 0. The van der Waals surface area contributed by atoms with Gasteiger partial charge in [0.1, 0.15) is 18.4 Å². The van der Waals surface area contributed by atoms with Crippen molar-refractivity contribution >= 4 is 29.3 Å². The zero-order valence-corrected chi connectivity index (χ0v) is 15.3. The van der Waals surface area contributed by atoms with Crippen molar-refractivity contribution in [2.75, 3.05) is 0 Å². The standard InChI is InChI=1S/C19H19NO7/c1-9(21)12-7-14(24)18-16(19(12)25)13(8-26-10(2)22)17-15(27-11(3)23)5-4-6-20(17)18/h7,15H,4-6,8H2,1-3H3. The Bertz CT molecular complexity index is 919. The second-order valence-electron chi connectivity index (χ2n) is 6.57. The summed E-state index contributed by atoms with van der Waals surface area (Å²) in [6.07, 6.45) is 1.55. The molecular weight excluding hydrogens is 354 g/mol. The predicted molar refractivity (Wildman–Crippen MR) is 91.1 cm³/mol. The lowest BCUT2D eigenvalue weighted by Gasteiger charge is -2.26. The SMILES string of the molecule is CC(=O)OCc1c2c(n3c1C(OC(C)=O)CCC3)C(=O)C=C(C(C)=O)C2=O. The van der Waals surface area contributed by atoms with Crippen LogP contribution in [0, 0.1) is 0 Å². The number of rotatable bonds is 4. The smallest absolute Gasteiger partial charge is 0.303 e. The maximum absolute atomic E-state index is 12.9. The molecule has 1 aromatic heterocycles. The zero-order valence-electron chi connectivity index (χ0n) is 15.3.